The molecule has 2 rings (SSSR count). The molecular formula is C18H20BrNO3. The average Bonchev–Trinajstić information content (AvgIpc) is 2.52. The molecule has 2 aromatic carbocycles. The molecule has 0 saturated carbocycles. The molecule has 0 aliphatic carbocycles. The number of benzene rings is 2. The van der Waals surface area contributed by atoms with Gasteiger partial charge in [-0.05, 0) is 55.8 Å². The van der Waals surface area contributed by atoms with E-state index in [-0.39, 0.29) is 18.6 Å². The van der Waals surface area contributed by atoms with E-state index in [9.17, 15) is 9.90 Å². The first kappa shape index (κ1) is 17.5. The van der Waals surface area contributed by atoms with Crippen LogP contribution in [0.2, 0.25) is 0 Å². The van der Waals surface area contributed by atoms with Gasteiger partial charge in [0, 0.05) is 16.6 Å². The summed E-state index contributed by atoms with van der Waals surface area (Å²) in [6.45, 7) is 4.03. The highest BCUT2D eigenvalue weighted by molar-refractivity contribution is 9.10. The molecule has 0 aliphatic heterocycles. The fraction of sp³-hybridized carbons (Fsp3) is 0.278. The Morgan fingerprint density at radius 1 is 1.22 bits per heavy atom. The fourth-order valence-electron chi connectivity index (χ4n) is 2.08. The number of nitrogens with one attached hydrogen (secondary N) is 1. The van der Waals surface area contributed by atoms with Crippen molar-refractivity contribution in [1.29, 1.82) is 0 Å². The summed E-state index contributed by atoms with van der Waals surface area (Å²) in [6.07, 6.45) is -0.718. The third-order valence-corrected chi connectivity index (χ3v) is 3.71. The van der Waals surface area contributed by atoms with E-state index in [1.165, 1.54) is 0 Å². The van der Waals surface area contributed by atoms with Crippen LogP contribution in [0.1, 0.15) is 35.9 Å². The first-order valence-corrected chi connectivity index (χ1v) is 8.23. The molecule has 0 fully saturated rings. The highest BCUT2D eigenvalue weighted by atomic mass is 79.9. The lowest BCUT2D eigenvalue weighted by Gasteiger charge is -2.15. The molecule has 1 unspecified atom stereocenters. The van der Waals surface area contributed by atoms with Gasteiger partial charge in [-0.15, -0.1) is 0 Å². The summed E-state index contributed by atoms with van der Waals surface area (Å²) in [7, 11) is 0. The van der Waals surface area contributed by atoms with E-state index in [1.54, 1.807) is 30.3 Å². The normalized spacial score (nSPS) is 12.0. The van der Waals surface area contributed by atoms with Gasteiger partial charge in [0.1, 0.15) is 5.75 Å². The van der Waals surface area contributed by atoms with Gasteiger partial charge in [-0.3, -0.25) is 4.79 Å². The van der Waals surface area contributed by atoms with Crippen molar-refractivity contribution in [3.05, 3.63) is 64.1 Å². The molecule has 2 N–H and O–H groups in total. The van der Waals surface area contributed by atoms with Gasteiger partial charge < -0.3 is 15.2 Å². The van der Waals surface area contributed by atoms with Gasteiger partial charge in [-0.1, -0.05) is 28.1 Å². The van der Waals surface area contributed by atoms with Crippen LogP contribution in [-0.2, 0) is 0 Å². The summed E-state index contributed by atoms with van der Waals surface area (Å²) < 4.78 is 6.52. The second-order valence-corrected chi connectivity index (χ2v) is 6.39. The van der Waals surface area contributed by atoms with Gasteiger partial charge in [-0.25, -0.2) is 0 Å². The summed E-state index contributed by atoms with van der Waals surface area (Å²) in [4.78, 5) is 12.0. The van der Waals surface area contributed by atoms with Crippen LogP contribution >= 0.6 is 15.9 Å². The zero-order valence-corrected chi connectivity index (χ0v) is 14.7. The largest absolute Gasteiger partial charge is 0.491 e. The highest BCUT2D eigenvalue weighted by Gasteiger charge is 2.12. The van der Waals surface area contributed by atoms with Crippen LogP contribution < -0.4 is 10.1 Å². The molecule has 0 spiro atoms. The molecule has 122 valence electrons. The number of aliphatic hydroxyl groups excluding tert-OH is 1. The minimum absolute atomic E-state index is 0.0690. The second kappa shape index (κ2) is 8.13. The lowest BCUT2D eigenvalue weighted by atomic mass is 10.1. The van der Waals surface area contributed by atoms with E-state index in [0.29, 0.717) is 16.9 Å². The third kappa shape index (κ3) is 5.37. The molecule has 2 aromatic rings. The van der Waals surface area contributed by atoms with Crippen molar-refractivity contribution in [2.75, 3.05) is 6.54 Å². The molecule has 1 atom stereocenters. The van der Waals surface area contributed by atoms with Crippen LogP contribution in [0.25, 0.3) is 0 Å². The first-order chi connectivity index (χ1) is 11.0. The van der Waals surface area contributed by atoms with E-state index < -0.39 is 6.10 Å². The Morgan fingerprint density at radius 3 is 2.57 bits per heavy atom. The maximum atomic E-state index is 12.0. The summed E-state index contributed by atoms with van der Waals surface area (Å²) in [5.41, 5.74) is 1.26. The summed E-state index contributed by atoms with van der Waals surface area (Å²) in [5.74, 6) is 0.488. The van der Waals surface area contributed by atoms with Gasteiger partial charge in [0.2, 0.25) is 0 Å². The van der Waals surface area contributed by atoms with Crippen LogP contribution in [-0.4, -0.2) is 23.7 Å². The quantitative estimate of drug-likeness (QED) is 0.806. The van der Waals surface area contributed by atoms with Crippen LogP contribution in [0.5, 0.6) is 5.75 Å². The predicted octanol–water partition coefficient (Wildman–Crippen LogP) is 3.70. The number of hydrogen-bond donors (Lipinski definition) is 2. The smallest absolute Gasteiger partial charge is 0.251 e. The molecule has 0 radical (unpaired) electrons. The molecule has 23 heavy (non-hydrogen) atoms. The molecule has 1 amide bonds. The van der Waals surface area contributed by atoms with Gasteiger partial charge in [0.25, 0.3) is 5.91 Å². The average molecular weight is 378 g/mol. The molecule has 0 bridgehead atoms. The molecule has 0 aliphatic rings. The van der Waals surface area contributed by atoms with Crippen molar-refractivity contribution in [2.24, 2.45) is 0 Å². The van der Waals surface area contributed by atoms with Crippen molar-refractivity contribution in [2.45, 2.75) is 26.1 Å². The Kier molecular flexibility index (Phi) is 6.19. The fourth-order valence-corrected chi connectivity index (χ4v) is 2.34. The molecule has 0 aromatic heterocycles. The minimum atomic E-state index is -0.787. The maximum Gasteiger partial charge on any atom is 0.251 e. The standard InChI is InChI=1S/C18H20BrNO3/c1-12(2)23-16-5-3-4-14(10-16)17(21)11-20-18(22)13-6-8-15(19)9-7-13/h3-10,12,17,21H,11H2,1-2H3,(H,20,22). The maximum absolute atomic E-state index is 12.0. The summed E-state index contributed by atoms with van der Waals surface area (Å²) >= 11 is 3.33. The SMILES string of the molecule is CC(C)Oc1cccc(C(O)CNC(=O)c2ccc(Br)cc2)c1. The second-order valence-electron chi connectivity index (χ2n) is 5.47. The number of carbonyl (C=O) groups excluding carboxylic acids is 1. The zero-order valence-electron chi connectivity index (χ0n) is 13.1. The van der Waals surface area contributed by atoms with Gasteiger partial charge >= 0.3 is 0 Å². The van der Waals surface area contributed by atoms with Crippen LogP contribution in [0.4, 0.5) is 0 Å². The lowest BCUT2D eigenvalue weighted by molar-refractivity contribution is 0.0916. The van der Waals surface area contributed by atoms with E-state index >= 15 is 0 Å². The topological polar surface area (TPSA) is 58.6 Å². The number of rotatable bonds is 6. The number of ether oxygens (including phenoxy) is 1. The Labute approximate surface area is 144 Å². The Balaban J connectivity index is 1.95. The molecular weight excluding hydrogens is 358 g/mol. The van der Waals surface area contributed by atoms with Crippen LogP contribution in [0, 0.1) is 0 Å². The summed E-state index contributed by atoms with van der Waals surface area (Å²) in [6, 6.07) is 14.3. The van der Waals surface area contributed by atoms with E-state index in [2.05, 4.69) is 21.2 Å². The number of amides is 1. The van der Waals surface area contributed by atoms with Crippen LogP contribution in [0.3, 0.4) is 0 Å². The zero-order chi connectivity index (χ0) is 16.8. The molecule has 0 heterocycles. The number of hydrogen-bond acceptors (Lipinski definition) is 3. The number of halogens is 1. The monoisotopic (exact) mass is 377 g/mol. The Bertz CT molecular complexity index is 656. The van der Waals surface area contributed by atoms with E-state index in [4.69, 9.17) is 4.74 Å². The Hall–Kier alpha value is -1.85. The van der Waals surface area contributed by atoms with Crippen molar-refractivity contribution in [3.8, 4) is 5.75 Å². The molecule has 0 saturated heterocycles. The molecule has 4 nitrogen and oxygen atoms in total. The minimum Gasteiger partial charge on any atom is -0.491 e. The van der Waals surface area contributed by atoms with Crippen molar-refractivity contribution >= 4 is 21.8 Å². The Morgan fingerprint density at radius 2 is 1.91 bits per heavy atom. The summed E-state index contributed by atoms with van der Waals surface area (Å²) in [5, 5.41) is 13.0. The van der Waals surface area contributed by atoms with Crippen molar-refractivity contribution in [3.63, 3.8) is 0 Å². The van der Waals surface area contributed by atoms with E-state index in [0.717, 1.165) is 4.47 Å². The van der Waals surface area contributed by atoms with Gasteiger partial charge in [0.05, 0.1) is 12.2 Å². The van der Waals surface area contributed by atoms with Gasteiger partial charge in [-0.2, -0.15) is 0 Å². The first-order valence-electron chi connectivity index (χ1n) is 7.44. The number of carbonyl (C=O) groups is 1. The predicted molar refractivity (Wildman–Crippen MR) is 93.6 cm³/mol. The van der Waals surface area contributed by atoms with Gasteiger partial charge in [0.15, 0.2) is 0 Å². The van der Waals surface area contributed by atoms with E-state index in [1.807, 2.05) is 32.0 Å². The highest BCUT2D eigenvalue weighted by Crippen LogP contribution is 2.20. The number of aliphatic hydroxyl groups is 1. The van der Waals surface area contributed by atoms with Crippen molar-refractivity contribution < 1.29 is 14.6 Å². The molecule has 5 heteroatoms. The van der Waals surface area contributed by atoms with Crippen molar-refractivity contribution in [1.82, 2.24) is 5.32 Å². The van der Waals surface area contributed by atoms with Crippen LogP contribution in [0.15, 0.2) is 53.0 Å². The lowest BCUT2D eigenvalue weighted by Crippen LogP contribution is -2.28. The third-order valence-electron chi connectivity index (χ3n) is 3.18.